The molecule has 1 aromatic carbocycles. The van der Waals surface area contributed by atoms with E-state index in [2.05, 4.69) is 15.6 Å². The van der Waals surface area contributed by atoms with Gasteiger partial charge in [-0.25, -0.2) is 9.37 Å². The van der Waals surface area contributed by atoms with E-state index in [0.29, 0.717) is 25.2 Å². The number of rotatable bonds is 4. The smallest absolute Gasteiger partial charge is 0.225 e. The molecule has 6 nitrogen and oxygen atoms in total. The maximum absolute atomic E-state index is 13.2. The van der Waals surface area contributed by atoms with Gasteiger partial charge in [-0.2, -0.15) is 0 Å². The van der Waals surface area contributed by atoms with Gasteiger partial charge in [0.25, 0.3) is 0 Å². The van der Waals surface area contributed by atoms with Gasteiger partial charge in [0.2, 0.25) is 11.8 Å². The number of benzene rings is 1. The minimum atomic E-state index is -0.476. The van der Waals surface area contributed by atoms with Gasteiger partial charge in [-0.05, 0) is 24.1 Å². The molecule has 0 bridgehead atoms. The Bertz CT molecular complexity index is 731. The molecule has 1 aliphatic rings. The third-order valence-corrected chi connectivity index (χ3v) is 4.24. The number of halogens is 1. The first-order valence-corrected chi connectivity index (χ1v) is 7.84. The van der Waals surface area contributed by atoms with Crippen molar-refractivity contribution in [1.29, 1.82) is 0 Å². The number of carbonyl (C=O) groups excluding carboxylic acids is 2. The molecule has 24 heavy (non-hydrogen) atoms. The Labute approximate surface area is 139 Å². The van der Waals surface area contributed by atoms with E-state index in [9.17, 15) is 14.0 Å². The van der Waals surface area contributed by atoms with Crippen LogP contribution in [0.1, 0.15) is 30.3 Å². The normalized spacial score (nSPS) is 18.8. The molecular formula is C17H19FN4O2. The van der Waals surface area contributed by atoms with E-state index in [1.165, 1.54) is 12.1 Å². The molecule has 1 fully saturated rings. The minimum Gasteiger partial charge on any atom is -0.355 e. The van der Waals surface area contributed by atoms with E-state index < -0.39 is 6.04 Å². The first-order valence-electron chi connectivity index (χ1n) is 7.84. The summed E-state index contributed by atoms with van der Waals surface area (Å²) in [6.07, 6.45) is 4.31. The Balaban J connectivity index is 1.82. The van der Waals surface area contributed by atoms with Gasteiger partial charge in [-0.3, -0.25) is 9.59 Å². The second-order valence-corrected chi connectivity index (χ2v) is 5.93. The molecule has 0 saturated carbocycles. The van der Waals surface area contributed by atoms with Gasteiger partial charge < -0.3 is 15.2 Å². The Morgan fingerprint density at radius 2 is 2.17 bits per heavy atom. The summed E-state index contributed by atoms with van der Waals surface area (Å²) < 4.78 is 15.0. The van der Waals surface area contributed by atoms with Crippen molar-refractivity contribution in [3.05, 3.63) is 53.9 Å². The number of nitrogens with one attached hydrogen (secondary N) is 2. The molecule has 3 rings (SSSR count). The van der Waals surface area contributed by atoms with Gasteiger partial charge in [0, 0.05) is 32.4 Å². The summed E-state index contributed by atoms with van der Waals surface area (Å²) in [5.41, 5.74) is 0.749. The van der Waals surface area contributed by atoms with Crippen LogP contribution in [0.25, 0.3) is 0 Å². The van der Waals surface area contributed by atoms with Crippen LogP contribution in [0.15, 0.2) is 36.7 Å². The van der Waals surface area contributed by atoms with E-state index in [1.54, 1.807) is 24.5 Å². The van der Waals surface area contributed by atoms with Crippen molar-refractivity contribution in [3.63, 3.8) is 0 Å². The van der Waals surface area contributed by atoms with Crippen LogP contribution in [0, 0.1) is 11.7 Å². The average Bonchev–Trinajstić information content (AvgIpc) is 3.00. The van der Waals surface area contributed by atoms with Crippen molar-refractivity contribution < 1.29 is 14.0 Å². The number of piperidine rings is 1. The first-order chi connectivity index (χ1) is 11.5. The molecule has 2 aromatic rings. The molecule has 1 aromatic heterocycles. The maximum atomic E-state index is 13.2. The van der Waals surface area contributed by atoms with Crippen LogP contribution in [-0.2, 0) is 16.6 Å². The lowest BCUT2D eigenvalue weighted by molar-refractivity contribution is -0.129. The zero-order valence-electron chi connectivity index (χ0n) is 13.3. The summed E-state index contributed by atoms with van der Waals surface area (Å²) in [6.45, 7) is 0.335. The second-order valence-electron chi connectivity index (χ2n) is 5.93. The van der Waals surface area contributed by atoms with Crippen molar-refractivity contribution in [2.45, 2.75) is 18.9 Å². The number of hydrogen-bond acceptors (Lipinski definition) is 3. The van der Waals surface area contributed by atoms with E-state index in [4.69, 9.17) is 0 Å². The second kappa shape index (κ2) is 6.82. The molecule has 7 heteroatoms. The van der Waals surface area contributed by atoms with Crippen LogP contribution in [0.3, 0.4) is 0 Å². The number of amides is 2. The molecule has 1 saturated heterocycles. The Morgan fingerprint density at radius 3 is 2.75 bits per heavy atom. The Morgan fingerprint density at radius 1 is 1.42 bits per heavy atom. The molecule has 0 aliphatic carbocycles. The number of imidazole rings is 1. The molecule has 2 amide bonds. The third-order valence-electron chi connectivity index (χ3n) is 4.24. The van der Waals surface area contributed by atoms with Crippen LogP contribution >= 0.6 is 0 Å². The fraction of sp³-hybridized carbons (Fsp3) is 0.353. The molecule has 2 atom stereocenters. The highest BCUT2D eigenvalue weighted by Crippen LogP contribution is 2.22. The Kier molecular flexibility index (Phi) is 4.59. The summed E-state index contributed by atoms with van der Waals surface area (Å²) >= 11 is 0. The highest BCUT2D eigenvalue weighted by molar-refractivity contribution is 5.84. The third kappa shape index (κ3) is 3.45. The van der Waals surface area contributed by atoms with Gasteiger partial charge in [0.05, 0.1) is 5.92 Å². The summed E-state index contributed by atoms with van der Waals surface area (Å²) in [5.74, 6) is -0.120. The Hall–Kier alpha value is -2.70. The molecule has 2 N–H and O–H groups in total. The van der Waals surface area contributed by atoms with Crippen LogP contribution in [0.4, 0.5) is 4.39 Å². The average molecular weight is 330 g/mol. The van der Waals surface area contributed by atoms with E-state index in [0.717, 1.165) is 5.56 Å². The lowest BCUT2D eigenvalue weighted by Crippen LogP contribution is -2.44. The summed E-state index contributed by atoms with van der Waals surface area (Å²) in [7, 11) is 1.84. The first kappa shape index (κ1) is 16.2. The van der Waals surface area contributed by atoms with Crippen molar-refractivity contribution in [3.8, 4) is 0 Å². The van der Waals surface area contributed by atoms with Crippen LogP contribution in [-0.4, -0.2) is 27.9 Å². The van der Waals surface area contributed by atoms with Crippen LogP contribution < -0.4 is 10.6 Å². The molecule has 2 heterocycles. The predicted molar refractivity (Wildman–Crippen MR) is 85.3 cm³/mol. The topological polar surface area (TPSA) is 76.0 Å². The highest BCUT2D eigenvalue weighted by Gasteiger charge is 2.28. The van der Waals surface area contributed by atoms with Crippen molar-refractivity contribution in [2.24, 2.45) is 13.0 Å². The maximum Gasteiger partial charge on any atom is 0.225 e. The standard InChI is InChI=1S/C17H19FN4O2/c1-22-9-8-19-16(22)15(11-2-5-13(18)6-3-11)21-17(24)12-4-7-14(23)20-10-12/h2-3,5-6,8-9,12,15H,4,7,10H2,1H3,(H,20,23)(H,21,24)/t12-,15+/m1/s1. The van der Waals surface area contributed by atoms with Crippen molar-refractivity contribution in [2.75, 3.05) is 6.54 Å². The zero-order chi connectivity index (χ0) is 17.1. The zero-order valence-corrected chi connectivity index (χ0v) is 13.3. The molecule has 0 spiro atoms. The lowest BCUT2D eigenvalue weighted by atomic mass is 9.97. The number of aryl methyl sites for hydroxylation is 1. The summed E-state index contributed by atoms with van der Waals surface area (Å²) in [6, 6.07) is 5.52. The largest absolute Gasteiger partial charge is 0.355 e. The van der Waals surface area contributed by atoms with Crippen molar-refractivity contribution >= 4 is 11.8 Å². The fourth-order valence-corrected chi connectivity index (χ4v) is 2.82. The van der Waals surface area contributed by atoms with Gasteiger partial charge in [0.15, 0.2) is 0 Å². The molecule has 0 radical (unpaired) electrons. The molecule has 126 valence electrons. The van der Waals surface area contributed by atoms with Crippen molar-refractivity contribution in [1.82, 2.24) is 20.2 Å². The number of carbonyl (C=O) groups is 2. The number of aromatic nitrogens is 2. The van der Waals surface area contributed by atoms with Crippen LogP contribution in [0.5, 0.6) is 0 Å². The summed E-state index contributed by atoms with van der Waals surface area (Å²) in [4.78, 5) is 28.1. The predicted octanol–water partition coefficient (Wildman–Crippen LogP) is 1.29. The van der Waals surface area contributed by atoms with Gasteiger partial charge in [0.1, 0.15) is 17.7 Å². The molecule has 0 unspecified atom stereocenters. The van der Waals surface area contributed by atoms with Gasteiger partial charge in [-0.1, -0.05) is 12.1 Å². The van der Waals surface area contributed by atoms with E-state index >= 15 is 0 Å². The van der Waals surface area contributed by atoms with E-state index in [-0.39, 0.29) is 23.5 Å². The molecular weight excluding hydrogens is 311 g/mol. The lowest BCUT2D eigenvalue weighted by Gasteiger charge is -2.25. The van der Waals surface area contributed by atoms with E-state index in [1.807, 2.05) is 11.6 Å². The SMILES string of the molecule is Cn1ccnc1[C@@H](NC(=O)[C@@H]1CCC(=O)NC1)c1ccc(F)cc1. The molecule has 1 aliphatic heterocycles. The van der Waals surface area contributed by atoms with Gasteiger partial charge in [-0.15, -0.1) is 0 Å². The summed E-state index contributed by atoms with van der Waals surface area (Å²) in [5, 5.41) is 5.69. The minimum absolute atomic E-state index is 0.0294. The number of nitrogens with zero attached hydrogens (tertiary/aromatic N) is 2. The fourth-order valence-electron chi connectivity index (χ4n) is 2.82. The highest BCUT2D eigenvalue weighted by atomic mass is 19.1. The van der Waals surface area contributed by atoms with Crippen LogP contribution in [0.2, 0.25) is 0 Å². The number of hydrogen-bond donors (Lipinski definition) is 2. The quantitative estimate of drug-likeness (QED) is 0.887. The monoisotopic (exact) mass is 330 g/mol. The van der Waals surface area contributed by atoms with Gasteiger partial charge >= 0.3 is 0 Å².